The molecule has 10 heteroatoms. The number of aryl methyl sites for hydroxylation is 1. The van der Waals surface area contributed by atoms with Gasteiger partial charge in [-0.15, -0.1) is 0 Å². The molecule has 0 aliphatic carbocycles. The Kier molecular flexibility index (Phi) is 7.03. The van der Waals surface area contributed by atoms with Crippen LogP contribution in [0, 0.1) is 17.0 Å². The number of hydrogen-bond acceptors (Lipinski definition) is 7. The second kappa shape index (κ2) is 9.90. The minimum absolute atomic E-state index is 0.0678. The molecule has 3 rings (SSSR count). The summed E-state index contributed by atoms with van der Waals surface area (Å²) in [5.74, 6) is -0.0344. The average molecular weight is 428 g/mol. The molecule has 0 radical (unpaired) electrons. The van der Waals surface area contributed by atoms with Gasteiger partial charge in [-0.3, -0.25) is 19.7 Å². The highest BCUT2D eigenvalue weighted by Gasteiger charge is 2.20. The van der Waals surface area contributed by atoms with E-state index in [0.29, 0.717) is 54.6 Å². The van der Waals surface area contributed by atoms with E-state index < -0.39 is 10.8 Å². The number of carbonyl (C=O) groups is 2. The summed E-state index contributed by atoms with van der Waals surface area (Å²) in [5.41, 5.74) is 1.73. The highest BCUT2D eigenvalue weighted by atomic mass is 16.6. The Bertz CT molecular complexity index is 988. The van der Waals surface area contributed by atoms with Gasteiger partial charge in [0.15, 0.2) is 0 Å². The molecule has 10 nitrogen and oxygen atoms in total. The third kappa shape index (κ3) is 5.48. The van der Waals surface area contributed by atoms with Crippen molar-refractivity contribution in [3.63, 3.8) is 0 Å². The maximum absolute atomic E-state index is 12.7. The average Bonchev–Trinajstić information content (AvgIpc) is 2.78. The molecule has 1 fully saturated rings. The lowest BCUT2D eigenvalue weighted by Gasteiger charge is -2.27. The van der Waals surface area contributed by atoms with Crippen molar-refractivity contribution in [3.8, 4) is 5.75 Å². The molecule has 0 spiro atoms. The maximum atomic E-state index is 12.7. The van der Waals surface area contributed by atoms with Gasteiger partial charge in [0.1, 0.15) is 5.75 Å². The summed E-state index contributed by atoms with van der Waals surface area (Å²) in [6, 6.07) is 9.47. The molecule has 0 atom stereocenters. The van der Waals surface area contributed by atoms with E-state index in [9.17, 15) is 19.7 Å². The van der Waals surface area contributed by atoms with E-state index in [-0.39, 0.29) is 18.1 Å². The molecule has 2 N–H and O–H groups in total. The van der Waals surface area contributed by atoms with Gasteiger partial charge >= 0.3 is 0 Å². The summed E-state index contributed by atoms with van der Waals surface area (Å²) >= 11 is 0. The summed E-state index contributed by atoms with van der Waals surface area (Å²) in [6.07, 6.45) is 0. The summed E-state index contributed by atoms with van der Waals surface area (Å²) < 4.78 is 10.6. The summed E-state index contributed by atoms with van der Waals surface area (Å²) in [6.45, 7) is 3.57. The number of benzene rings is 2. The van der Waals surface area contributed by atoms with E-state index in [1.807, 2.05) is 0 Å². The van der Waals surface area contributed by atoms with Gasteiger partial charge in [0.2, 0.25) is 5.91 Å². The first kappa shape index (κ1) is 22.0. The lowest BCUT2D eigenvalue weighted by molar-refractivity contribution is -0.385. The van der Waals surface area contributed by atoms with Crippen LogP contribution in [-0.4, -0.2) is 61.6 Å². The van der Waals surface area contributed by atoms with Crippen LogP contribution in [0.5, 0.6) is 5.75 Å². The first-order valence-corrected chi connectivity index (χ1v) is 9.73. The van der Waals surface area contributed by atoms with Crippen molar-refractivity contribution in [1.29, 1.82) is 0 Å². The Morgan fingerprint density at radius 1 is 1.19 bits per heavy atom. The van der Waals surface area contributed by atoms with Gasteiger partial charge < -0.3 is 25.0 Å². The zero-order valence-corrected chi connectivity index (χ0v) is 17.3. The number of ether oxygens (including phenoxy) is 2. The van der Waals surface area contributed by atoms with Gasteiger partial charge in [0, 0.05) is 36.0 Å². The normalized spacial score (nSPS) is 13.4. The zero-order valence-electron chi connectivity index (χ0n) is 17.3. The lowest BCUT2D eigenvalue weighted by atomic mass is 10.1. The monoisotopic (exact) mass is 428 g/mol. The molecule has 2 aromatic carbocycles. The fourth-order valence-electron chi connectivity index (χ4n) is 3.19. The van der Waals surface area contributed by atoms with Gasteiger partial charge in [-0.25, -0.2) is 0 Å². The van der Waals surface area contributed by atoms with Crippen molar-refractivity contribution in [3.05, 3.63) is 57.6 Å². The fourth-order valence-corrected chi connectivity index (χ4v) is 3.19. The molecular weight excluding hydrogens is 404 g/mol. The molecule has 2 aromatic rings. The predicted octanol–water partition coefficient (Wildman–Crippen LogP) is 2.43. The molecule has 2 amide bonds. The number of methoxy groups -OCH3 is 1. The number of amides is 2. The van der Waals surface area contributed by atoms with Gasteiger partial charge in [0.05, 0.1) is 37.5 Å². The highest BCUT2D eigenvalue weighted by molar-refractivity contribution is 5.97. The van der Waals surface area contributed by atoms with Gasteiger partial charge in [-0.1, -0.05) is 6.07 Å². The van der Waals surface area contributed by atoms with E-state index in [2.05, 4.69) is 10.6 Å². The second-order valence-corrected chi connectivity index (χ2v) is 6.98. The van der Waals surface area contributed by atoms with Crippen molar-refractivity contribution in [1.82, 2.24) is 4.90 Å². The first-order valence-electron chi connectivity index (χ1n) is 9.73. The molecule has 164 valence electrons. The standard InChI is InChI=1S/C21H24N4O6/c1-14-3-5-16(12-18(14)25(28)29)23-20(26)13-22-17-11-15(4-6-19(17)30-2)21(27)24-7-9-31-10-8-24/h3-6,11-12,22H,7-10,13H2,1-2H3,(H,23,26). The van der Waals surface area contributed by atoms with Crippen LogP contribution in [0.25, 0.3) is 0 Å². The number of hydrogen-bond donors (Lipinski definition) is 2. The number of nitrogens with zero attached hydrogens (tertiary/aromatic N) is 2. The van der Waals surface area contributed by atoms with Crippen molar-refractivity contribution < 1.29 is 24.0 Å². The fraction of sp³-hybridized carbons (Fsp3) is 0.333. The molecule has 1 saturated heterocycles. The third-order valence-electron chi connectivity index (χ3n) is 4.87. The number of nitro groups is 1. The predicted molar refractivity (Wildman–Crippen MR) is 115 cm³/mol. The Hall–Kier alpha value is -3.66. The maximum Gasteiger partial charge on any atom is 0.274 e. The van der Waals surface area contributed by atoms with Crippen LogP contribution in [0.1, 0.15) is 15.9 Å². The quantitative estimate of drug-likeness (QED) is 0.513. The minimum atomic E-state index is -0.495. The van der Waals surface area contributed by atoms with Crippen LogP contribution in [0.3, 0.4) is 0 Å². The largest absolute Gasteiger partial charge is 0.495 e. The Balaban J connectivity index is 1.67. The molecule has 0 aromatic heterocycles. The molecule has 31 heavy (non-hydrogen) atoms. The summed E-state index contributed by atoms with van der Waals surface area (Å²) in [7, 11) is 1.50. The summed E-state index contributed by atoms with van der Waals surface area (Å²) in [5, 5.41) is 16.7. The van der Waals surface area contributed by atoms with E-state index in [0.717, 1.165) is 0 Å². The number of anilines is 2. The molecule has 0 bridgehead atoms. The number of rotatable bonds is 7. The summed E-state index contributed by atoms with van der Waals surface area (Å²) in [4.78, 5) is 37.3. The Morgan fingerprint density at radius 2 is 1.94 bits per heavy atom. The van der Waals surface area contributed by atoms with E-state index in [1.54, 1.807) is 42.2 Å². The lowest BCUT2D eigenvalue weighted by Crippen LogP contribution is -2.40. The molecular formula is C21H24N4O6. The van der Waals surface area contributed by atoms with E-state index in [4.69, 9.17) is 9.47 Å². The van der Waals surface area contributed by atoms with E-state index in [1.165, 1.54) is 13.2 Å². The molecule has 1 aliphatic rings. The SMILES string of the molecule is COc1ccc(C(=O)N2CCOCC2)cc1NCC(=O)Nc1ccc(C)c([N+](=O)[O-])c1. The van der Waals surface area contributed by atoms with Crippen molar-refractivity contribution in [2.75, 3.05) is 50.6 Å². The third-order valence-corrected chi connectivity index (χ3v) is 4.87. The number of nitrogens with one attached hydrogen (secondary N) is 2. The topological polar surface area (TPSA) is 123 Å². The highest BCUT2D eigenvalue weighted by Crippen LogP contribution is 2.26. The molecule has 1 heterocycles. The number of carbonyl (C=O) groups excluding carboxylic acids is 2. The Morgan fingerprint density at radius 3 is 2.61 bits per heavy atom. The molecule has 1 aliphatic heterocycles. The smallest absolute Gasteiger partial charge is 0.274 e. The van der Waals surface area contributed by atoms with Crippen LogP contribution in [0.4, 0.5) is 17.1 Å². The van der Waals surface area contributed by atoms with Crippen molar-refractivity contribution >= 4 is 28.9 Å². The molecule has 0 saturated carbocycles. The van der Waals surface area contributed by atoms with Crippen molar-refractivity contribution in [2.45, 2.75) is 6.92 Å². The Labute approximate surface area is 179 Å². The van der Waals surface area contributed by atoms with Crippen LogP contribution >= 0.6 is 0 Å². The van der Waals surface area contributed by atoms with E-state index >= 15 is 0 Å². The zero-order chi connectivity index (χ0) is 22.4. The number of nitro benzene ring substituents is 1. The van der Waals surface area contributed by atoms with Gasteiger partial charge in [0.25, 0.3) is 11.6 Å². The van der Waals surface area contributed by atoms with Crippen LogP contribution < -0.4 is 15.4 Å². The second-order valence-electron chi connectivity index (χ2n) is 6.98. The number of morpholine rings is 1. The molecule has 0 unspecified atom stereocenters. The minimum Gasteiger partial charge on any atom is -0.495 e. The first-order chi connectivity index (χ1) is 14.9. The van der Waals surface area contributed by atoms with Crippen LogP contribution in [0.2, 0.25) is 0 Å². The van der Waals surface area contributed by atoms with Gasteiger partial charge in [-0.05, 0) is 31.2 Å². The van der Waals surface area contributed by atoms with Crippen LogP contribution in [-0.2, 0) is 9.53 Å². The van der Waals surface area contributed by atoms with Crippen molar-refractivity contribution in [2.24, 2.45) is 0 Å². The van der Waals surface area contributed by atoms with Gasteiger partial charge in [-0.2, -0.15) is 0 Å². The van der Waals surface area contributed by atoms with Crippen LogP contribution in [0.15, 0.2) is 36.4 Å².